The van der Waals surface area contributed by atoms with Crippen molar-refractivity contribution in [2.75, 3.05) is 19.8 Å². The van der Waals surface area contributed by atoms with Gasteiger partial charge in [-0.2, -0.15) is 31.4 Å². The molecule has 2 aromatic heterocycles. The number of nitrogens with two attached hydrogens (primary N) is 1. The molecule has 3 atom stereocenters. The molecule has 9 nitrogen and oxygen atoms in total. The SMILES string of the molecule is CC(C)(OC[C@H](N)c1cn2ncc([C@@H](COC3CC3)N3C[C@@H](C(F)(F)F)NC3=O)cc2n1)C(F)(F)F. The van der Waals surface area contributed by atoms with Crippen LogP contribution in [0.2, 0.25) is 0 Å². The second-order valence-corrected chi connectivity index (χ2v) is 9.43. The largest absolute Gasteiger partial charge is 0.416 e. The summed E-state index contributed by atoms with van der Waals surface area (Å²) in [4.78, 5) is 17.7. The van der Waals surface area contributed by atoms with Crippen molar-refractivity contribution in [2.24, 2.45) is 5.73 Å². The zero-order valence-electron chi connectivity index (χ0n) is 19.4. The molecule has 36 heavy (non-hydrogen) atoms. The molecular weight excluding hydrogens is 498 g/mol. The lowest BCUT2D eigenvalue weighted by atomic mass is 10.1. The molecular formula is C21H26F6N6O3. The molecule has 1 aliphatic carbocycles. The topological polar surface area (TPSA) is 107 Å². The van der Waals surface area contributed by atoms with E-state index in [0.717, 1.165) is 31.6 Å². The molecule has 3 N–H and O–H groups in total. The molecule has 200 valence electrons. The Morgan fingerprint density at radius 2 is 1.89 bits per heavy atom. The summed E-state index contributed by atoms with van der Waals surface area (Å²) in [6.07, 6.45) is -4.75. The van der Waals surface area contributed by atoms with Gasteiger partial charge in [-0.05, 0) is 32.8 Å². The molecule has 0 aromatic carbocycles. The Bertz CT molecular complexity index is 1100. The lowest BCUT2D eigenvalue weighted by Gasteiger charge is -2.28. The van der Waals surface area contributed by atoms with Crippen LogP contribution in [0, 0.1) is 0 Å². The summed E-state index contributed by atoms with van der Waals surface area (Å²) in [6, 6.07) is -3.22. The summed E-state index contributed by atoms with van der Waals surface area (Å²) in [5.41, 5.74) is 4.42. The number of halogens is 6. The summed E-state index contributed by atoms with van der Waals surface area (Å²) in [6.45, 7) is 0.683. The second-order valence-electron chi connectivity index (χ2n) is 9.43. The minimum absolute atomic E-state index is 0.00903. The van der Waals surface area contributed by atoms with Crippen molar-refractivity contribution in [1.82, 2.24) is 24.8 Å². The fraction of sp³-hybridized carbons (Fsp3) is 0.667. The summed E-state index contributed by atoms with van der Waals surface area (Å²) < 4.78 is 90.7. The van der Waals surface area contributed by atoms with E-state index in [4.69, 9.17) is 15.2 Å². The smallest absolute Gasteiger partial charge is 0.376 e. The highest BCUT2D eigenvalue weighted by Gasteiger charge is 2.49. The Hall–Kier alpha value is -2.65. The fourth-order valence-electron chi connectivity index (χ4n) is 3.58. The zero-order valence-corrected chi connectivity index (χ0v) is 19.4. The van der Waals surface area contributed by atoms with Gasteiger partial charge in [0.25, 0.3) is 0 Å². The predicted octanol–water partition coefficient (Wildman–Crippen LogP) is 3.26. The van der Waals surface area contributed by atoms with Gasteiger partial charge < -0.3 is 25.4 Å². The highest BCUT2D eigenvalue weighted by atomic mass is 19.4. The number of imidazole rings is 1. The van der Waals surface area contributed by atoms with Gasteiger partial charge in [0.15, 0.2) is 11.2 Å². The standard InChI is InChI=1S/C21H26F6N6O3/c1-19(2,21(25,26)27)36-9-13(28)14-7-33-17(30-14)5-11(6-29-33)15(10-35-12-3-4-12)32-8-16(20(22,23)24)31-18(32)34/h5-7,12-13,15-16H,3-4,8-10,28H2,1-2H3,(H,31,34)/t13-,15+,16-/m0/s1. The van der Waals surface area contributed by atoms with E-state index >= 15 is 0 Å². The van der Waals surface area contributed by atoms with Crippen LogP contribution >= 0.6 is 0 Å². The van der Waals surface area contributed by atoms with Gasteiger partial charge in [0.1, 0.15) is 6.04 Å². The van der Waals surface area contributed by atoms with Gasteiger partial charge in [-0.15, -0.1) is 0 Å². The lowest BCUT2D eigenvalue weighted by Crippen LogP contribution is -2.43. The number of nitrogens with one attached hydrogen (secondary N) is 1. The number of nitrogens with zero attached hydrogens (tertiary/aromatic N) is 4. The van der Waals surface area contributed by atoms with E-state index in [1.54, 1.807) is 0 Å². The van der Waals surface area contributed by atoms with Crippen LogP contribution < -0.4 is 11.1 Å². The number of aromatic nitrogens is 3. The monoisotopic (exact) mass is 524 g/mol. The molecule has 0 bridgehead atoms. The first-order chi connectivity index (χ1) is 16.7. The maximum absolute atomic E-state index is 13.2. The van der Waals surface area contributed by atoms with Crippen LogP contribution in [-0.4, -0.2) is 75.4 Å². The van der Waals surface area contributed by atoms with Gasteiger partial charge >= 0.3 is 18.4 Å². The predicted molar refractivity (Wildman–Crippen MR) is 113 cm³/mol. The molecule has 1 saturated carbocycles. The highest BCUT2D eigenvalue weighted by Crippen LogP contribution is 2.34. The quantitative estimate of drug-likeness (QED) is 0.488. The minimum atomic E-state index is -4.61. The Labute approximate surface area is 201 Å². The van der Waals surface area contributed by atoms with E-state index in [9.17, 15) is 31.1 Å². The first-order valence-corrected chi connectivity index (χ1v) is 11.2. The molecule has 2 aromatic rings. The maximum atomic E-state index is 13.2. The zero-order chi connectivity index (χ0) is 26.5. The van der Waals surface area contributed by atoms with E-state index in [0.29, 0.717) is 5.56 Å². The number of hydrogen-bond donors (Lipinski definition) is 2. The summed E-state index contributed by atoms with van der Waals surface area (Å²) in [5, 5.41) is 6.15. The molecule has 2 aliphatic rings. The van der Waals surface area contributed by atoms with Gasteiger partial charge in [0, 0.05) is 5.56 Å². The molecule has 0 spiro atoms. The number of ether oxygens (including phenoxy) is 2. The third kappa shape index (κ3) is 5.67. The van der Waals surface area contributed by atoms with Crippen molar-refractivity contribution in [2.45, 2.75) is 68.9 Å². The third-order valence-corrected chi connectivity index (χ3v) is 6.15. The summed E-state index contributed by atoms with van der Waals surface area (Å²) in [7, 11) is 0. The average molecular weight is 524 g/mol. The fourth-order valence-corrected chi connectivity index (χ4v) is 3.58. The third-order valence-electron chi connectivity index (χ3n) is 6.15. The molecule has 15 heteroatoms. The van der Waals surface area contributed by atoms with Crippen LogP contribution in [0.15, 0.2) is 18.5 Å². The molecule has 1 aliphatic heterocycles. The average Bonchev–Trinajstić information content (AvgIpc) is 3.36. The van der Waals surface area contributed by atoms with Crippen LogP contribution in [-0.2, 0) is 9.47 Å². The highest BCUT2D eigenvalue weighted by molar-refractivity contribution is 5.77. The Balaban J connectivity index is 1.54. The number of carbonyl (C=O) groups is 1. The number of urea groups is 1. The minimum Gasteiger partial charge on any atom is -0.376 e. The molecule has 0 unspecified atom stereocenters. The van der Waals surface area contributed by atoms with Crippen molar-refractivity contribution in [1.29, 1.82) is 0 Å². The van der Waals surface area contributed by atoms with Crippen molar-refractivity contribution in [3.05, 3.63) is 29.7 Å². The number of rotatable bonds is 9. The first kappa shape index (κ1) is 26.4. The van der Waals surface area contributed by atoms with E-state index in [1.807, 2.05) is 5.32 Å². The van der Waals surface area contributed by atoms with Gasteiger partial charge in [-0.3, -0.25) is 0 Å². The maximum Gasteiger partial charge on any atom is 0.416 e. The number of amides is 2. The normalized spacial score (nSPS) is 21.2. The van der Waals surface area contributed by atoms with Gasteiger partial charge in [-0.1, -0.05) is 0 Å². The van der Waals surface area contributed by atoms with Crippen LogP contribution in [0.1, 0.15) is 50.0 Å². The van der Waals surface area contributed by atoms with Gasteiger partial charge in [0.05, 0.1) is 56.0 Å². The van der Waals surface area contributed by atoms with Gasteiger partial charge in [0.2, 0.25) is 0 Å². The van der Waals surface area contributed by atoms with E-state index in [1.165, 1.54) is 23.0 Å². The van der Waals surface area contributed by atoms with E-state index in [2.05, 4.69) is 10.1 Å². The van der Waals surface area contributed by atoms with Crippen LogP contribution in [0.3, 0.4) is 0 Å². The molecule has 0 radical (unpaired) electrons. The molecule has 2 fully saturated rings. The van der Waals surface area contributed by atoms with Crippen LogP contribution in [0.25, 0.3) is 5.65 Å². The Morgan fingerprint density at radius 1 is 1.19 bits per heavy atom. The van der Waals surface area contributed by atoms with E-state index < -0.39 is 55.3 Å². The van der Waals surface area contributed by atoms with Crippen molar-refractivity contribution in [3.8, 4) is 0 Å². The summed E-state index contributed by atoms with van der Waals surface area (Å²) in [5.74, 6) is 0. The number of carbonyl (C=O) groups excluding carboxylic acids is 1. The molecule has 3 heterocycles. The summed E-state index contributed by atoms with van der Waals surface area (Å²) >= 11 is 0. The van der Waals surface area contributed by atoms with Crippen molar-refractivity contribution in [3.63, 3.8) is 0 Å². The molecule has 1 saturated heterocycles. The van der Waals surface area contributed by atoms with Gasteiger partial charge in [-0.25, -0.2) is 14.3 Å². The van der Waals surface area contributed by atoms with Crippen molar-refractivity contribution >= 4 is 11.7 Å². The van der Waals surface area contributed by atoms with E-state index in [-0.39, 0.29) is 24.1 Å². The molecule has 4 rings (SSSR count). The Kier molecular flexibility index (Phi) is 6.85. The van der Waals surface area contributed by atoms with Crippen molar-refractivity contribution < 1.29 is 40.6 Å². The first-order valence-electron chi connectivity index (χ1n) is 11.2. The van der Waals surface area contributed by atoms with Crippen LogP contribution in [0.4, 0.5) is 31.1 Å². The number of alkyl halides is 6. The Morgan fingerprint density at radius 3 is 2.47 bits per heavy atom. The number of hydrogen-bond acceptors (Lipinski definition) is 6. The van der Waals surface area contributed by atoms with Crippen LogP contribution in [0.5, 0.6) is 0 Å². The lowest BCUT2D eigenvalue weighted by molar-refractivity contribution is -0.264. The number of fused-ring (bicyclic) bond motifs is 1. The molecule has 2 amide bonds. The second kappa shape index (κ2) is 9.34.